The normalized spacial score (nSPS) is 11.7. The molecule has 0 fully saturated rings. The fraction of sp³-hybridized carbons (Fsp3) is 0.0952. The number of hydrogen-bond acceptors (Lipinski definition) is 5. The number of halogens is 3. The number of carbonyl (C=O) groups excluding carboxylic acids is 1. The van der Waals surface area contributed by atoms with E-state index in [4.69, 9.17) is 39.2 Å². The molecule has 0 unspecified atom stereocenters. The number of aryl methyl sites for hydroxylation is 1. The summed E-state index contributed by atoms with van der Waals surface area (Å²) in [5.41, 5.74) is 2.47. The topological polar surface area (TPSA) is 76.4 Å². The number of amides is 1. The molecule has 0 aliphatic heterocycles. The number of carbonyl (C=O) groups is 1. The van der Waals surface area contributed by atoms with Crippen molar-refractivity contribution < 1.29 is 17.6 Å². The molecule has 0 saturated heterocycles. The van der Waals surface area contributed by atoms with Gasteiger partial charge in [-0.2, -0.15) is 0 Å². The number of hydrogen-bond donors (Lipinski definition) is 1. The Hall–Kier alpha value is -2.03. The third kappa shape index (κ3) is 4.61. The fourth-order valence-electron chi connectivity index (χ4n) is 3.16. The Bertz CT molecular complexity index is 1420. The zero-order valence-electron chi connectivity index (χ0n) is 15.9. The molecular weight excluding hydrogens is 501 g/mol. The minimum Gasteiger partial charge on any atom is -0.461 e. The number of thiophene rings is 1. The lowest BCUT2D eigenvalue weighted by molar-refractivity contribution is 0.0981. The van der Waals surface area contributed by atoms with Gasteiger partial charge in [-0.3, -0.25) is 4.79 Å². The molecule has 0 atom stereocenters. The number of nitrogens with one attached hydrogen (secondary N) is 1. The van der Waals surface area contributed by atoms with E-state index in [1.807, 2.05) is 13.0 Å². The van der Waals surface area contributed by atoms with Crippen LogP contribution >= 0.6 is 46.1 Å². The van der Waals surface area contributed by atoms with Crippen LogP contribution in [0.4, 0.5) is 0 Å². The molecule has 160 valence electrons. The Morgan fingerprint density at radius 3 is 2.52 bits per heavy atom. The van der Waals surface area contributed by atoms with Gasteiger partial charge in [0.15, 0.2) is 0 Å². The number of rotatable bonds is 5. The first-order chi connectivity index (χ1) is 14.6. The molecule has 4 aromatic rings. The molecule has 31 heavy (non-hydrogen) atoms. The van der Waals surface area contributed by atoms with Crippen molar-refractivity contribution >= 4 is 73.0 Å². The molecule has 10 heteroatoms. The van der Waals surface area contributed by atoms with E-state index in [9.17, 15) is 13.2 Å². The van der Waals surface area contributed by atoms with Crippen LogP contribution in [0.15, 0.2) is 57.2 Å². The van der Waals surface area contributed by atoms with Gasteiger partial charge in [0, 0.05) is 33.0 Å². The molecule has 0 aliphatic carbocycles. The molecule has 5 nitrogen and oxygen atoms in total. The maximum Gasteiger partial charge on any atom is 0.273 e. The first-order valence-electron chi connectivity index (χ1n) is 8.92. The van der Waals surface area contributed by atoms with E-state index in [2.05, 4.69) is 4.72 Å². The summed E-state index contributed by atoms with van der Waals surface area (Å²) < 4.78 is 33.1. The van der Waals surface area contributed by atoms with Gasteiger partial charge < -0.3 is 4.42 Å². The van der Waals surface area contributed by atoms with Gasteiger partial charge in [-0.1, -0.05) is 40.9 Å². The average molecular weight is 515 g/mol. The van der Waals surface area contributed by atoms with Crippen molar-refractivity contribution in [1.29, 1.82) is 0 Å². The first kappa shape index (κ1) is 22.2. The van der Waals surface area contributed by atoms with Crippen LogP contribution in [-0.4, -0.2) is 14.3 Å². The summed E-state index contributed by atoms with van der Waals surface area (Å²) in [6, 6.07) is 12.8. The summed E-state index contributed by atoms with van der Waals surface area (Å²) in [6.45, 7) is 1.82. The van der Waals surface area contributed by atoms with Crippen molar-refractivity contribution in [3.63, 3.8) is 0 Å². The van der Waals surface area contributed by atoms with E-state index in [0.717, 1.165) is 22.5 Å². The molecule has 0 aliphatic rings. The third-order valence-electron chi connectivity index (χ3n) is 4.68. The second-order valence-corrected chi connectivity index (χ2v) is 11.2. The molecule has 0 radical (unpaired) electrons. The van der Waals surface area contributed by atoms with Crippen LogP contribution in [0.2, 0.25) is 14.4 Å². The Kier molecular flexibility index (Phi) is 6.07. The van der Waals surface area contributed by atoms with E-state index < -0.39 is 15.9 Å². The number of fused-ring (bicyclic) bond motifs is 1. The monoisotopic (exact) mass is 513 g/mol. The highest BCUT2D eigenvalue weighted by molar-refractivity contribution is 7.92. The molecule has 0 saturated carbocycles. The van der Waals surface area contributed by atoms with Crippen molar-refractivity contribution in [2.75, 3.05) is 0 Å². The Morgan fingerprint density at radius 1 is 1.06 bits per heavy atom. The molecular formula is C21H14Cl3NO4S2. The number of furan rings is 1. The lowest BCUT2D eigenvalue weighted by Crippen LogP contribution is -2.30. The largest absolute Gasteiger partial charge is 0.461 e. The van der Waals surface area contributed by atoms with Gasteiger partial charge in [0.05, 0.1) is 4.34 Å². The summed E-state index contributed by atoms with van der Waals surface area (Å²) in [5.74, 6) is -0.0693. The van der Waals surface area contributed by atoms with E-state index in [1.54, 1.807) is 24.3 Å². The lowest BCUT2D eigenvalue weighted by Gasteiger charge is -2.07. The predicted molar refractivity (Wildman–Crippen MR) is 124 cm³/mol. The van der Waals surface area contributed by atoms with Crippen molar-refractivity contribution in [3.8, 4) is 0 Å². The van der Waals surface area contributed by atoms with Crippen molar-refractivity contribution in [2.45, 2.75) is 17.6 Å². The van der Waals surface area contributed by atoms with Crippen LogP contribution in [0, 0.1) is 6.92 Å². The second-order valence-electron chi connectivity index (χ2n) is 6.75. The summed E-state index contributed by atoms with van der Waals surface area (Å²) >= 11 is 19.0. The zero-order chi connectivity index (χ0) is 22.3. The Labute approximate surface area is 197 Å². The standard InChI is InChI=1S/C21H14Cl3NO4S2/c1-11-15(8-12-2-4-14(22)10-17(12)23)16-9-13(3-5-18(16)29-11)21(26)25-31(27,28)20-7-6-19(24)30-20/h2-7,9-10H,8H2,1H3,(H,25,26). The molecule has 1 amide bonds. The maximum absolute atomic E-state index is 12.7. The quantitative estimate of drug-likeness (QED) is 0.331. The van der Waals surface area contributed by atoms with Gasteiger partial charge in [0.2, 0.25) is 0 Å². The van der Waals surface area contributed by atoms with E-state index >= 15 is 0 Å². The number of benzene rings is 2. The highest BCUT2D eigenvalue weighted by Crippen LogP contribution is 2.32. The zero-order valence-corrected chi connectivity index (χ0v) is 19.8. The molecule has 2 aromatic heterocycles. The van der Waals surface area contributed by atoms with Crippen LogP contribution in [0.25, 0.3) is 11.0 Å². The summed E-state index contributed by atoms with van der Waals surface area (Å²) in [4.78, 5) is 12.7. The SMILES string of the molecule is Cc1oc2ccc(C(=O)NS(=O)(=O)c3ccc(Cl)s3)cc2c1Cc1ccc(Cl)cc1Cl. The Morgan fingerprint density at radius 2 is 1.84 bits per heavy atom. The van der Waals surface area contributed by atoms with E-state index in [0.29, 0.717) is 37.5 Å². The summed E-state index contributed by atoms with van der Waals surface area (Å²) in [5, 5.41) is 1.76. The number of sulfonamides is 1. The van der Waals surface area contributed by atoms with Crippen LogP contribution in [0.3, 0.4) is 0 Å². The van der Waals surface area contributed by atoms with E-state index in [-0.39, 0.29) is 9.77 Å². The predicted octanol–water partition coefficient (Wildman–Crippen LogP) is 6.47. The highest BCUT2D eigenvalue weighted by atomic mass is 35.5. The van der Waals surface area contributed by atoms with Crippen LogP contribution in [0.5, 0.6) is 0 Å². The maximum atomic E-state index is 12.7. The minimum absolute atomic E-state index is 0.0378. The fourth-order valence-corrected chi connectivity index (χ4v) is 6.09. The van der Waals surface area contributed by atoms with Crippen LogP contribution < -0.4 is 4.72 Å². The van der Waals surface area contributed by atoms with Gasteiger partial charge in [-0.25, -0.2) is 13.1 Å². The molecule has 0 spiro atoms. The van der Waals surface area contributed by atoms with Crippen molar-refractivity contribution in [3.05, 3.63) is 85.4 Å². The molecule has 2 heterocycles. The molecule has 0 bridgehead atoms. The van der Waals surface area contributed by atoms with Gasteiger partial charge >= 0.3 is 0 Å². The summed E-state index contributed by atoms with van der Waals surface area (Å²) in [6.07, 6.45) is 0.464. The lowest BCUT2D eigenvalue weighted by atomic mass is 10.0. The average Bonchev–Trinajstić information content (AvgIpc) is 3.27. The third-order valence-corrected chi connectivity index (χ3v) is 8.32. The van der Waals surface area contributed by atoms with Gasteiger partial charge in [-0.05, 0) is 55.0 Å². The van der Waals surface area contributed by atoms with Crippen molar-refractivity contribution in [1.82, 2.24) is 4.72 Å². The Balaban J connectivity index is 1.67. The van der Waals surface area contributed by atoms with E-state index in [1.165, 1.54) is 18.2 Å². The van der Waals surface area contributed by atoms with Gasteiger partial charge in [0.25, 0.3) is 15.9 Å². The molecule has 1 N–H and O–H groups in total. The highest BCUT2D eigenvalue weighted by Gasteiger charge is 2.22. The molecule has 4 rings (SSSR count). The summed E-state index contributed by atoms with van der Waals surface area (Å²) in [7, 11) is -4.02. The van der Waals surface area contributed by atoms with Gasteiger partial charge in [0.1, 0.15) is 15.6 Å². The second kappa shape index (κ2) is 8.48. The smallest absolute Gasteiger partial charge is 0.273 e. The minimum atomic E-state index is -4.02. The van der Waals surface area contributed by atoms with Crippen LogP contribution in [0.1, 0.15) is 27.2 Å². The first-order valence-corrected chi connectivity index (χ1v) is 12.4. The van der Waals surface area contributed by atoms with Crippen LogP contribution in [-0.2, 0) is 16.4 Å². The molecule has 2 aromatic carbocycles. The van der Waals surface area contributed by atoms with Gasteiger partial charge in [-0.15, -0.1) is 11.3 Å². The van der Waals surface area contributed by atoms with Crippen molar-refractivity contribution in [2.24, 2.45) is 0 Å².